The first kappa shape index (κ1) is 21.9. The van der Waals surface area contributed by atoms with Gasteiger partial charge in [-0.3, -0.25) is 9.69 Å². The molecule has 0 radical (unpaired) electrons. The van der Waals surface area contributed by atoms with Gasteiger partial charge >= 0.3 is 6.03 Å². The number of imide groups is 1. The highest BCUT2D eigenvalue weighted by Gasteiger charge is 2.32. The number of hydrogen-bond acceptors (Lipinski definition) is 4. The molecule has 2 aromatic rings. The van der Waals surface area contributed by atoms with Gasteiger partial charge in [-0.05, 0) is 48.4 Å². The molecule has 1 N–H and O–H groups in total. The zero-order valence-electron chi connectivity index (χ0n) is 16.3. The summed E-state index contributed by atoms with van der Waals surface area (Å²) in [6.45, 7) is 6.27. The SMILES string of the molecule is C=CCN1C(=O)N/C(=C/c2cc(Cl)c(OCc3ccc(Br)cc3)c(OCC)c2)C1=O. The van der Waals surface area contributed by atoms with Crippen LogP contribution in [0.25, 0.3) is 6.08 Å². The molecule has 1 aliphatic rings. The molecule has 0 spiro atoms. The Kier molecular flexibility index (Phi) is 7.18. The van der Waals surface area contributed by atoms with Crippen molar-refractivity contribution in [3.05, 3.63) is 75.4 Å². The number of amides is 3. The Morgan fingerprint density at radius 2 is 1.93 bits per heavy atom. The van der Waals surface area contributed by atoms with E-state index in [1.165, 1.54) is 6.08 Å². The third-order valence-corrected chi connectivity index (χ3v) is 5.02. The summed E-state index contributed by atoms with van der Waals surface area (Å²) < 4.78 is 12.6. The predicted octanol–water partition coefficient (Wildman–Crippen LogP) is 5.16. The summed E-state index contributed by atoms with van der Waals surface area (Å²) in [4.78, 5) is 25.4. The first-order valence-electron chi connectivity index (χ1n) is 9.22. The van der Waals surface area contributed by atoms with Crippen molar-refractivity contribution in [1.82, 2.24) is 10.2 Å². The van der Waals surface area contributed by atoms with Gasteiger partial charge in [-0.25, -0.2) is 4.79 Å². The Hall–Kier alpha value is -2.77. The summed E-state index contributed by atoms with van der Waals surface area (Å²) in [6, 6.07) is 10.6. The zero-order valence-corrected chi connectivity index (χ0v) is 18.6. The highest BCUT2D eigenvalue weighted by atomic mass is 79.9. The minimum absolute atomic E-state index is 0.135. The van der Waals surface area contributed by atoms with Crippen LogP contribution in [0.2, 0.25) is 5.02 Å². The molecule has 0 unspecified atom stereocenters. The fraction of sp³-hybridized carbons (Fsp3) is 0.182. The Labute approximate surface area is 188 Å². The molecule has 0 bridgehead atoms. The summed E-state index contributed by atoms with van der Waals surface area (Å²) in [5.74, 6) is 0.442. The molecule has 1 saturated heterocycles. The van der Waals surface area contributed by atoms with E-state index >= 15 is 0 Å². The number of ether oxygens (including phenoxy) is 2. The second kappa shape index (κ2) is 9.82. The van der Waals surface area contributed by atoms with E-state index in [0.29, 0.717) is 35.3 Å². The lowest BCUT2D eigenvalue weighted by atomic mass is 10.1. The predicted molar refractivity (Wildman–Crippen MR) is 120 cm³/mol. The number of rotatable bonds is 8. The topological polar surface area (TPSA) is 67.9 Å². The number of benzene rings is 2. The summed E-state index contributed by atoms with van der Waals surface area (Å²) in [6.07, 6.45) is 3.04. The molecule has 30 heavy (non-hydrogen) atoms. The van der Waals surface area contributed by atoms with E-state index in [0.717, 1.165) is 14.9 Å². The lowest BCUT2D eigenvalue weighted by Gasteiger charge is -2.15. The van der Waals surface area contributed by atoms with Crippen LogP contribution < -0.4 is 14.8 Å². The van der Waals surface area contributed by atoms with Crippen molar-refractivity contribution in [2.24, 2.45) is 0 Å². The van der Waals surface area contributed by atoms with Crippen LogP contribution in [0.5, 0.6) is 11.5 Å². The standard InChI is InChI=1S/C22H20BrClN2O4/c1-3-9-26-21(27)18(25-22(26)28)11-15-10-17(24)20(19(12-15)29-4-2)30-13-14-5-7-16(23)8-6-14/h3,5-8,10-12H,1,4,9,13H2,2H3,(H,25,28)/b18-11+. The lowest BCUT2D eigenvalue weighted by molar-refractivity contribution is -0.122. The number of urea groups is 1. The van der Waals surface area contributed by atoms with Crippen molar-refractivity contribution in [2.45, 2.75) is 13.5 Å². The summed E-state index contributed by atoms with van der Waals surface area (Å²) >= 11 is 9.86. The molecular formula is C22H20BrClN2O4. The monoisotopic (exact) mass is 490 g/mol. The second-order valence-electron chi connectivity index (χ2n) is 6.37. The highest BCUT2D eigenvalue weighted by molar-refractivity contribution is 9.10. The minimum Gasteiger partial charge on any atom is -0.490 e. The fourth-order valence-electron chi connectivity index (χ4n) is 2.84. The van der Waals surface area contributed by atoms with Crippen molar-refractivity contribution in [1.29, 1.82) is 0 Å². The molecule has 3 rings (SSSR count). The first-order chi connectivity index (χ1) is 14.4. The number of carbonyl (C=O) groups excluding carboxylic acids is 2. The molecule has 2 aromatic carbocycles. The van der Waals surface area contributed by atoms with E-state index in [4.69, 9.17) is 21.1 Å². The normalized spacial score (nSPS) is 14.8. The Morgan fingerprint density at radius 1 is 1.20 bits per heavy atom. The Bertz CT molecular complexity index is 1000. The Balaban J connectivity index is 1.85. The van der Waals surface area contributed by atoms with Crippen LogP contribution in [0.15, 0.2) is 59.2 Å². The maximum Gasteiger partial charge on any atom is 0.329 e. The van der Waals surface area contributed by atoms with Gasteiger partial charge in [0.2, 0.25) is 0 Å². The van der Waals surface area contributed by atoms with Gasteiger partial charge in [-0.2, -0.15) is 0 Å². The average molecular weight is 492 g/mol. The molecule has 0 aromatic heterocycles. The van der Waals surface area contributed by atoms with Crippen LogP contribution in [0, 0.1) is 0 Å². The van der Waals surface area contributed by atoms with Crippen molar-refractivity contribution in [3.63, 3.8) is 0 Å². The van der Waals surface area contributed by atoms with Gasteiger partial charge in [0.05, 0.1) is 11.6 Å². The molecule has 1 fully saturated rings. The second-order valence-corrected chi connectivity index (χ2v) is 7.69. The highest BCUT2D eigenvalue weighted by Crippen LogP contribution is 2.38. The van der Waals surface area contributed by atoms with Crippen LogP contribution in [-0.2, 0) is 11.4 Å². The molecule has 0 aliphatic carbocycles. The number of nitrogens with one attached hydrogen (secondary N) is 1. The smallest absolute Gasteiger partial charge is 0.329 e. The van der Waals surface area contributed by atoms with Gasteiger partial charge in [-0.15, -0.1) is 6.58 Å². The molecule has 8 heteroatoms. The van der Waals surface area contributed by atoms with Gasteiger partial charge in [0, 0.05) is 11.0 Å². The van der Waals surface area contributed by atoms with Gasteiger partial charge < -0.3 is 14.8 Å². The van der Waals surface area contributed by atoms with E-state index < -0.39 is 11.9 Å². The third-order valence-electron chi connectivity index (χ3n) is 4.21. The van der Waals surface area contributed by atoms with Gasteiger partial charge in [-0.1, -0.05) is 45.7 Å². The molecule has 156 valence electrons. The van der Waals surface area contributed by atoms with Crippen molar-refractivity contribution in [3.8, 4) is 11.5 Å². The van der Waals surface area contributed by atoms with Gasteiger partial charge in [0.25, 0.3) is 5.91 Å². The van der Waals surface area contributed by atoms with E-state index in [2.05, 4.69) is 27.8 Å². The molecule has 1 heterocycles. The molecule has 0 atom stereocenters. The summed E-state index contributed by atoms with van der Waals surface area (Å²) in [5, 5.41) is 2.89. The van der Waals surface area contributed by atoms with Crippen LogP contribution in [0.4, 0.5) is 4.79 Å². The van der Waals surface area contributed by atoms with Crippen molar-refractivity contribution >= 4 is 45.5 Å². The fourth-order valence-corrected chi connectivity index (χ4v) is 3.38. The average Bonchev–Trinajstić information content (AvgIpc) is 2.97. The van der Waals surface area contributed by atoms with Crippen LogP contribution in [-0.4, -0.2) is 30.0 Å². The number of carbonyl (C=O) groups is 2. The quantitative estimate of drug-likeness (QED) is 0.315. The third kappa shape index (κ3) is 5.04. The molecule has 3 amide bonds. The lowest BCUT2D eigenvalue weighted by Crippen LogP contribution is -2.30. The number of halogens is 2. The summed E-state index contributed by atoms with van der Waals surface area (Å²) in [5.41, 5.74) is 1.73. The molecule has 1 aliphatic heterocycles. The van der Waals surface area contributed by atoms with Crippen molar-refractivity contribution < 1.29 is 19.1 Å². The van der Waals surface area contributed by atoms with Gasteiger partial charge in [0.15, 0.2) is 11.5 Å². The Morgan fingerprint density at radius 3 is 2.60 bits per heavy atom. The molecular weight excluding hydrogens is 472 g/mol. The van der Waals surface area contributed by atoms with Crippen molar-refractivity contribution in [2.75, 3.05) is 13.2 Å². The number of hydrogen-bond donors (Lipinski definition) is 1. The van der Waals surface area contributed by atoms with E-state index in [1.807, 2.05) is 31.2 Å². The van der Waals surface area contributed by atoms with Crippen LogP contribution in [0.3, 0.4) is 0 Å². The van der Waals surface area contributed by atoms with E-state index in [1.54, 1.807) is 18.2 Å². The van der Waals surface area contributed by atoms with E-state index in [9.17, 15) is 9.59 Å². The van der Waals surface area contributed by atoms with Crippen LogP contribution in [0.1, 0.15) is 18.1 Å². The number of nitrogens with zero attached hydrogens (tertiary/aromatic N) is 1. The first-order valence-corrected chi connectivity index (χ1v) is 10.4. The maximum atomic E-state index is 12.4. The summed E-state index contributed by atoms with van der Waals surface area (Å²) in [7, 11) is 0. The maximum absolute atomic E-state index is 12.4. The van der Waals surface area contributed by atoms with Crippen LogP contribution >= 0.6 is 27.5 Å². The molecule has 6 nitrogen and oxygen atoms in total. The largest absolute Gasteiger partial charge is 0.490 e. The minimum atomic E-state index is -0.489. The van der Waals surface area contributed by atoms with E-state index in [-0.39, 0.29) is 12.2 Å². The molecule has 0 saturated carbocycles. The van der Waals surface area contributed by atoms with Gasteiger partial charge in [0.1, 0.15) is 12.3 Å². The zero-order chi connectivity index (χ0) is 21.7.